The minimum Gasteiger partial charge on any atom is -0.314 e. The second-order valence-electron chi connectivity index (χ2n) is 4.35. The summed E-state index contributed by atoms with van der Waals surface area (Å²) in [4.78, 5) is 7.05. The van der Waals surface area contributed by atoms with Crippen molar-refractivity contribution in [3.8, 4) is 0 Å². The zero-order valence-corrected chi connectivity index (χ0v) is 11.4. The number of rotatable bonds is 6. The van der Waals surface area contributed by atoms with Crippen LogP contribution in [0.1, 0.15) is 17.6 Å². The van der Waals surface area contributed by atoms with Crippen LogP contribution >= 0.6 is 11.3 Å². The molecule has 0 saturated carbocycles. The molecule has 1 aromatic heterocycles. The van der Waals surface area contributed by atoms with Gasteiger partial charge in [-0.1, -0.05) is 6.92 Å². The van der Waals surface area contributed by atoms with Crippen LogP contribution in [0.2, 0.25) is 0 Å². The molecule has 1 aromatic rings. The Morgan fingerprint density at radius 1 is 1.47 bits per heavy atom. The molecule has 0 atom stereocenters. The first kappa shape index (κ1) is 13.0. The van der Waals surface area contributed by atoms with Crippen LogP contribution in [-0.4, -0.2) is 49.2 Å². The topological polar surface area (TPSA) is 40.2 Å². The van der Waals surface area contributed by atoms with E-state index in [-0.39, 0.29) is 0 Å². The number of thiazole rings is 1. The Morgan fingerprint density at radius 3 is 3.00 bits per heavy atom. The maximum atomic E-state index is 4.55. The highest BCUT2D eigenvalue weighted by Gasteiger charge is 2.08. The predicted octanol–water partition coefficient (Wildman–Crippen LogP) is 0.700. The van der Waals surface area contributed by atoms with Crippen molar-refractivity contribution in [2.24, 2.45) is 0 Å². The average molecular weight is 254 g/mol. The number of aryl methyl sites for hydroxylation is 1. The number of nitrogens with zero attached hydrogens (tertiary/aromatic N) is 2. The fraction of sp³-hybridized carbons (Fsp3) is 0.750. The summed E-state index contributed by atoms with van der Waals surface area (Å²) in [6, 6.07) is 0. The third kappa shape index (κ3) is 4.35. The molecule has 2 N–H and O–H groups in total. The van der Waals surface area contributed by atoms with Gasteiger partial charge in [-0.05, 0) is 6.42 Å². The summed E-state index contributed by atoms with van der Waals surface area (Å²) in [5.41, 5.74) is 1.19. The minimum absolute atomic E-state index is 0.905. The first-order valence-electron chi connectivity index (χ1n) is 6.45. The minimum atomic E-state index is 0.905. The van der Waals surface area contributed by atoms with Crippen LogP contribution in [0.4, 0.5) is 0 Å². The van der Waals surface area contributed by atoms with E-state index >= 15 is 0 Å². The van der Waals surface area contributed by atoms with Gasteiger partial charge in [0.05, 0.1) is 10.7 Å². The molecule has 1 aliphatic heterocycles. The summed E-state index contributed by atoms with van der Waals surface area (Å²) in [5.74, 6) is 0. The quantitative estimate of drug-likeness (QED) is 0.733. The summed E-state index contributed by atoms with van der Waals surface area (Å²) in [6.45, 7) is 9.88. The van der Waals surface area contributed by atoms with E-state index in [0.717, 1.165) is 39.1 Å². The molecular formula is C12H22N4S. The van der Waals surface area contributed by atoms with Crippen LogP contribution < -0.4 is 10.6 Å². The van der Waals surface area contributed by atoms with Crippen LogP contribution in [0.15, 0.2) is 5.38 Å². The third-order valence-electron chi connectivity index (χ3n) is 3.02. The maximum absolute atomic E-state index is 4.55. The molecule has 0 aliphatic carbocycles. The Balaban J connectivity index is 1.59. The van der Waals surface area contributed by atoms with Crippen molar-refractivity contribution < 1.29 is 0 Å². The van der Waals surface area contributed by atoms with Crippen LogP contribution in [0.25, 0.3) is 0 Å². The van der Waals surface area contributed by atoms with Crippen molar-refractivity contribution in [2.75, 3.05) is 39.3 Å². The highest BCUT2D eigenvalue weighted by atomic mass is 32.1. The van der Waals surface area contributed by atoms with E-state index < -0.39 is 0 Å². The number of nitrogens with one attached hydrogen (secondary N) is 2. The molecule has 17 heavy (non-hydrogen) atoms. The normalized spacial score (nSPS) is 17.5. The Bertz CT molecular complexity index is 320. The van der Waals surface area contributed by atoms with E-state index in [1.54, 1.807) is 11.3 Å². The molecule has 1 fully saturated rings. The van der Waals surface area contributed by atoms with E-state index in [0.29, 0.717) is 0 Å². The summed E-state index contributed by atoms with van der Waals surface area (Å²) in [7, 11) is 0. The number of hydrogen-bond acceptors (Lipinski definition) is 5. The molecule has 1 saturated heterocycles. The lowest BCUT2D eigenvalue weighted by Crippen LogP contribution is -2.45. The van der Waals surface area contributed by atoms with Gasteiger partial charge in [0.25, 0.3) is 0 Å². The summed E-state index contributed by atoms with van der Waals surface area (Å²) < 4.78 is 0. The lowest BCUT2D eigenvalue weighted by molar-refractivity contribution is 0.241. The molecule has 4 nitrogen and oxygen atoms in total. The van der Waals surface area contributed by atoms with Crippen molar-refractivity contribution in [3.05, 3.63) is 16.1 Å². The number of hydrogen-bond donors (Lipinski definition) is 2. The second-order valence-corrected chi connectivity index (χ2v) is 5.30. The zero-order valence-electron chi connectivity index (χ0n) is 10.5. The first-order chi connectivity index (χ1) is 8.38. The Kier molecular flexibility index (Phi) is 5.38. The van der Waals surface area contributed by atoms with Gasteiger partial charge in [0.1, 0.15) is 0 Å². The monoisotopic (exact) mass is 254 g/mol. The van der Waals surface area contributed by atoms with Crippen molar-refractivity contribution >= 4 is 11.3 Å². The average Bonchev–Trinajstić information content (AvgIpc) is 2.84. The van der Waals surface area contributed by atoms with Gasteiger partial charge in [0, 0.05) is 51.2 Å². The van der Waals surface area contributed by atoms with E-state index in [9.17, 15) is 0 Å². The summed E-state index contributed by atoms with van der Waals surface area (Å²) in [5, 5.41) is 10.2. The predicted molar refractivity (Wildman–Crippen MR) is 72.5 cm³/mol. The van der Waals surface area contributed by atoms with Gasteiger partial charge in [-0.2, -0.15) is 0 Å². The highest BCUT2D eigenvalue weighted by molar-refractivity contribution is 7.09. The molecule has 0 bridgehead atoms. The van der Waals surface area contributed by atoms with Gasteiger partial charge in [0.2, 0.25) is 0 Å². The van der Waals surface area contributed by atoms with Crippen LogP contribution in [0.5, 0.6) is 0 Å². The molecule has 1 aliphatic rings. The molecular weight excluding hydrogens is 232 g/mol. The Labute approximate surface area is 107 Å². The molecule has 5 heteroatoms. The van der Waals surface area contributed by atoms with E-state index in [1.165, 1.54) is 23.8 Å². The highest BCUT2D eigenvalue weighted by Crippen LogP contribution is 2.09. The number of aromatic nitrogens is 1. The largest absolute Gasteiger partial charge is 0.314 e. The molecule has 0 spiro atoms. The van der Waals surface area contributed by atoms with Gasteiger partial charge in [0.15, 0.2) is 0 Å². The van der Waals surface area contributed by atoms with Crippen LogP contribution in [0, 0.1) is 0 Å². The van der Waals surface area contributed by atoms with Crippen molar-refractivity contribution in [2.45, 2.75) is 19.9 Å². The van der Waals surface area contributed by atoms with Gasteiger partial charge in [-0.25, -0.2) is 4.98 Å². The van der Waals surface area contributed by atoms with Crippen molar-refractivity contribution in [1.82, 2.24) is 20.5 Å². The SMILES string of the molecule is CCc1nc(CNCCN2CCNCC2)cs1. The summed E-state index contributed by atoms with van der Waals surface area (Å²) >= 11 is 1.77. The third-order valence-corrected chi connectivity index (χ3v) is 4.06. The van der Waals surface area contributed by atoms with Crippen molar-refractivity contribution in [3.63, 3.8) is 0 Å². The second kappa shape index (κ2) is 7.06. The summed E-state index contributed by atoms with van der Waals surface area (Å²) in [6.07, 6.45) is 1.05. The lowest BCUT2D eigenvalue weighted by Gasteiger charge is -2.27. The smallest absolute Gasteiger partial charge is 0.0926 e. The van der Waals surface area contributed by atoms with Crippen LogP contribution in [0.3, 0.4) is 0 Å². The number of piperazine rings is 1. The molecule has 2 heterocycles. The molecule has 0 unspecified atom stereocenters. The molecule has 0 radical (unpaired) electrons. The molecule has 0 amide bonds. The molecule has 0 aromatic carbocycles. The lowest BCUT2D eigenvalue weighted by atomic mass is 10.3. The van der Waals surface area contributed by atoms with Gasteiger partial charge >= 0.3 is 0 Å². The Hall–Kier alpha value is -0.490. The molecule has 96 valence electrons. The van der Waals surface area contributed by atoms with Gasteiger partial charge in [-0.3, -0.25) is 4.90 Å². The van der Waals surface area contributed by atoms with Crippen LogP contribution in [-0.2, 0) is 13.0 Å². The fourth-order valence-corrected chi connectivity index (χ4v) is 2.73. The molecule has 2 rings (SSSR count). The standard InChI is InChI=1S/C12H22N4S/c1-2-12-15-11(10-17-12)9-14-5-8-16-6-3-13-4-7-16/h10,13-14H,2-9H2,1H3. The van der Waals surface area contributed by atoms with E-state index in [4.69, 9.17) is 0 Å². The maximum Gasteiger partial charge on any atom is 0.0926 e. The zero-order chi connectivity index (χ0) is 11.9. The van der Waals surface area contributed by atoms with E-state index in [1.807, 2.05) is 0 Å². The van der Waals surface area contributed by atoms with Gasteiger partial charge in [-0.15, -0.1) is 11.3 Å². The first-order valence-corrected chi connectivity index (χ1v) is 7.33. The Morgan fingerprint density at radius 2 is 2.29 bits per heavy atom. The van der Waals surface area contributed by atoms with Crippen molar-refractivity contribution in [1.29, 1.82) is 0 Å². The van der Waals surface area contributed by atoms with Gasteiger partial charge < -0.3 is 10.6 Å². The van der Waals surface area contributed by atoms with E-state index in [2.05, 4.69) is 32.8 Å². The fourth-order valence-electron chi connectivity index (χ4n) is 1.98.